The fourth-order valence-corrected chi connectivity index (χ4v) is 4.92. The van der Waals surface area contributed by atoms with Gasteiger partial charge < -0.3 is 19.2 Å². The van der Waals surface area contributed by atoms with E-state index in [9.17, 15) is 14.7 Å². The number of ether oxygens (including phenoxy) is 1. The van der Waals surface area contributed by atoms with Crippen molar-refractivity contribution in [1.29, 1.82) is 0 Å². The number of carbonyl (C=O) groups is 1. The van der Waals surface area contributed by atoms with Gasteiger partial charge in [0.05, 0.1) is 48.3 Å². The van der Waals surface area contributed by atoms with Crippen molar-refractivity contribution in [3.8, 4) is 11.4 Å². The minimum atomic E-state index is -0.865. The summed E-state index contributed by atoms with van der Waals surface area (Å²) in [5.74, 6) is -0.411. The zero-order valence-electron chi connectivity index (χ0n) is 18.6. The van der Waals surface area contributed by atoms with E-state index in [0.717, 1.165) is 22.0 Å². The smallest absolute Gasteiger partial charge is 0.307 e. The zero-order chi connectivity index (χ0) is 23.2. The molecule has 170 valence electrons. The van der Waals surface area contributed by atoms with E-state index in [0.29, 0.717) is 42.1 Å². The van der Waals surface area contributed by atoms with Crippen LogP contribution in [-0.4, -0.2) is 40.1 Å². The molecule has 1 atom stereocenters. The standard InChI is InChI=1S/C25H25N3O5/c1-3-25(14-29)10-22(30)32-13-18-19(25)9-21-23-17(12-28(21)24(18)31)16(11-26-33-4-2)15-7-5-6-8-20(15)27-23/h5-9,11,29H,3-4,10,12-14H2,1-2H3/b26-11+. The second kappa shape index (κ2) is 8.12. The number of nitrogens with zero attached hydrogens (tertiary/aromatic N) is 3. The highest BCUT2D eigenvalue weighted by Crippen LogP contribution is 2.41. The first-order chi connectivity index (χ1) is 16.0. The van der Waals surface area contributed by atoms with Crippen molar-refractivity contribution >= 4 is 23.1 Å². The molecule has 0 radical (unpaired) electrons. The van der Waals surface area contributed by atoms with Gasteiger partial charge in [-0.25, -0.2) is 4.98 Å². The van der Waals surface area contributed by atoms with Crippen LogP contribution in [0.1, 0.15) is 48.9 Å². The molecule has 5 rings (SSSR count). The first-order valence-corrected chi connectivity index (χ1v) is 11.1. The van der Waals surface area contributed by atoms with Crippen LogP contribution in [0.4, 0.5) is 0 Å². The van der Waals surface area contributed by atoms with Crippen molar-refractivity contribution < 1.29 is 19.5 Å². The third-order valence-corrected chi connectivity index (χ3v) is 6.79. The summed E-state index contributed by atoms with van der Waals surface area (Å²) >= 11 is 0. The van der Waals surface area contributed by atoms with Crippen LogP contribution in [0.5, 0.6) is 0 Å². The van der Waals surface area contributed by atoms with Crippen molar-refractivity contribution in [3.05, 3.63) is 62.9 Å². The highest BCUT2D eigenvalue weighted by Gasteiger charge is 2.40. The van der Waals surface area contributed by atoms with Gasteiger partial charge in [0.2, 0.25) is 0 Å². The zero-order valence-corrected chi connectivity index (χ0v) is 18.6. The van der Waals surface area contributed by atoms with Gasteiger partial charge in [0.1, 0.15) is 13.2 Å². The molecule has 0 spiro atoms. The Morgan fingerprint density at radius 3 is 2.85 bits per heavy atom. The van der Waals surface area contributed by atoms with Gasteiger partial charge in [-0.1, -0.05) is 30.3 Å². The first-order valence-electron chi connectivity index (χ1n) is 11.1. The lowest BCUT2D eigenvalue weighted by Gasteiger charge is -2.30. The van der Waals surface area contributed by atoms with E-state index in [2.05, 4.69) is 5.16 Å². The SMILES string of the molecule is CCO/N=C/c1c2c(nc3ccccc13)-c1cc3c(c(=O)n1C2)COC(=O)CC3(CC)CO. The van der Waals surface area contributed by atoms with E-state index in [-0.39, 0.29) is 25.2 Å². The molecule has 2 aromatic heterocycles. The summed E-state index contributed by atoms with van der Waals surface area (Å²) in [5.41, 5.74) is 3.90. The minimum Gasteiger partial charge on any atom is -0.461 e. The van der Waals surface area contributed by atoms with Gasteiger partial charge >= 0.3 is 5.97 Å². The molecule has 1 aromatic carbocycles. The highest BCUT2D eigenvalue weighted by molar-refractivity contribution is 6.02. The van der Waals surface area contributed by atoms with E-state index in [1.807, 2.05) is 44.2 Å². The predicted octanol–water partition coefficient (Wildman–Crippen LogP) is 2.88. The van der Waals surface area contributed by atoms with Crippen LogP contribution in [0.2, 0.25) is 0 Å². The Kier molecular flexibility index (Phi) is 5.25. The van der Waals surface area contributed by atoms with Gasteiger partial charge in [-0.15, -0.1) is 0 Å². The van der Waals surface area contributed by atoms with Crippen molar-refractivity contribution in [2.75, 3.05) is 13.2 Å². The van der Waals surface area contributed by atoms with Crippen LogP contribution < -0.4 is 5.56 Å². The molecule has 0 fully saturated rings. The topological polar surface area (TPSA) is 103 Å². The van der Waals surface area contributed by atoms with E-state index in [1.165, 1.54) is 0 Å². The molecule has 0 bridgehead atoms. The summed E-state index contributed by atoms with van der Waals surface area (Å²) in [6.45, 7) is 4.20. The number of rotatable bonds is 5. The van der Waals surface area contributed by atoms with E-state index >= 15 is 0 Å². The molecule has 0 aliphatic carbocycles. The van der Waals surface area contributed by atoms with Gasteiger partial charge in [0.15, 0.2) is 0 Å². The monoisotopic (exact) mass is 447 g/mol. The molecule has 3 aromatic rings. The van der Waals surface area contributed by atoms with Crippen LogP contribution in [0.25, 0.3) is 22.3 Å². The molecule has 0 saturated carbocycles. The number of aliphatic hydroxyl groups is 1. The lowest BCUT2D eigenvalue weighted by Crippen LogP contribution is -2.35. The second-order valence-corrected chi connectivity index (χ2v) is 8.46. The molecule has 1 unspecified atom stereocenters. The Balaban J connectivity index is 1.79. The van der Waals surface area contributed by atoms with Gasteiger partial charge in [-0.05, 0) is 31.0 Å². The van der Waals surface area contributed by atoms with E-state index in [1.54, 1.807) is 10.8 Å². The van der Waals surface area contributed by atoms with Gasteiger partial charge in [-0.3, -0.25) is 9.59 Å². The molecule has 0 saturated heterocycles. The van der Waals surface area contributed by atoms with Crippen LogP contribution in [0.15, 0.2) is 40.3 Å². The number of benzene rings is 1. The normalized spacial score (nSPS) is 19.2. The Morgan fingerprint density at radius 2 is 2.09 bits per heavy atom. The van der Waals surface area contributed by atoms with Gasteiger partial charge in [0.25, 0.3) is 5.56 Å². The molecular formula is C25H25N3O5. The molecule has 0 amide bonds. The third kappa shape index (κ3) is 3.24. The van der Waals surface area contributed by atoms with Crippen molar-refractivity contribution in [2.45, 2.75) is 45.3 Å². The number of fused-ring (bicyclic) bond motifs is 5. The van der Waals surface area contributed by atoms with Crippen molar-refractivity contribution in [1.82, 2.24) is 9.55 Å². The summed E-state index contributed by atoms with van der Waals surface area (Å²) in [6, 6.07) is 9.67. The van der Waals surface area contributed by atoms with Gasteiger partial charge in [0, 0.05) is 21.9 Å². The maximum atomic E-state index is 13.6. The summed E-state index contributed by atoms with van der Waals surface area (Å²) in [4.78, 5) is 36.0. The fraction of sp³-hybridized carbons (Fsp3) is 0.360. The van der Waals surface area contributed by atoms with Crippen LogP contribution in [0.3, 0.4) is 0 Å². The Labute approximate surface area is 190 Å². The number of cyclic esters (lactones) is 1. The van der Waals surface area contributed by atoms with Crippen molar-refractivity contribution in [2.24, 2.45) is 5.16 Å². The van der Waals surface area contributed by atoms with E-state index < -0.39 is 11.4 Å². The number of carbonyl (C=O) groups excluding carboxylic acids is 1. The number of hydrogen-bond donors (Lipinski definition) is 1. The molecule has 1 N–H and O–H groups in total. The number of oxime groups is 1. The summed E-state index contributed by atoms with van der Waals surface area (Å²) in [5, 5.41) is 15.3. The number of aromatic nitrogens is 2. The highest BCUT2D eigenvalue weighted by atomic mass is 16.6. The third-order valence-electron chi connectivity index (χ3n) is 6.79. The molecule has 2 aliphatic rings. The lowest BCUT2D eigenvalue weighted by molar-refractivity contribution is -0.146. The van der Waals surface area contributed by atoms with Crippen LogP contribution in [-0.2, 0) is 32.9 Å². The average Bonchev–Trinajstić information content (AvgIpc) is 3.12. The van der Waals surface area contributed by atoms with Gasteiger partial charge in [-0.2, -0.15) is 0 Å². The molecular weight excluding hydrogens is 422 g/mol. The lowest BCUT2D eigenvalue weighted by atomic mass is 9.74. The number of para-hydroxylation sites is 1. The predicted molar refractivity (Wildman–Crippen MR) is 123 cm³/mol. The molecule has 33 heavy (non-hydrogen) atoms. The van der Waals surface area contributed by atoms with E-state index in [4.69, 9.17) is 14.6 Å². The van der Waals surface area contributed by atoms with Crippen LogP contribution in [0, 0.1) is 0 Å². The summed E-state index contributed by atoms with van der Waals surface area (Å²) in [7, 11) is 0. The Morgan fingerprint density at radius 1 is 1.27 bits per heavy atom. The molecule has 2 aliphatic heterocycles. The van der Waals surface area contributed by atoms with Crippen LogP contribution >= 0.6 is 0 Å². The van der Waals surface area contributed by atoms with Crippen molar-refractivity contribution in [3.63, 3.8) is 0 Å². The molecule has 8 nitrogen and oxygen atoms in total. The maximum absolute atomic E-state index is 13.6. The average molecular weight is 447 g/mol. The summed E-state index contributed by atoms with van der Waals surface area (Å²) < 4.78 is 7.01. The molecule has 8 heteroatoms. The number of esters is 1. The summed E-state index contributed by atoms with van der Waals surface area (Å²) in [6.07, 6.45) is 2.21. The number of aliphatic hydroxyl groups excluding tert-OH is 1. The Bertz CT molecular complexity index is 1350. The minimum absolute atomic E-state index is 0.0279. The maximum Gasteiger partial charge on any atom is 0.307 e. The largest absolute Gasteiger partial charge is 0.461 e. The quantitative estimate of drug-likeness (QED) is 0.287. The first kappa shape index (κ1) is 21.3. The molecule has 4 heterocycles. The number of pyridine rings is 2. The fourth-order valence-electron chi connectivity index (χ4n) is 4.92. The number of hydrogen-bond acceptors (Lipinski definition) is 7. The second-order valence-electron chi connectivity index (χ2n) is 8.46. The Hall–Kier alpha value is -3.52.